The molecule has 2 nitrogen and oxygen atoms in total. The molecular weight excluding hydrogens is 282 g/mol. The predicted octanol–water partition coefficient (Wildman–Crippen LogP) is 3.95. The van der Waals surface area contributed by atoms with E-state index in [1.807, 2.05) is 0 Å². The molecule has 5 heteroatoms. The van der Waals surface area contributed by atoms with E-state index in [1.54, 1.807) is 31.4 Å². The maximum absolute atomic E-state index is 13.4. The molecule has 2 rings (SSSR count). The third kappa shape index (κ3) is 3.36. The second-order valence-corrected chi connectivity index (χ2v) is 5.03. The van der Waals surface area contributed by atoms with Crippen LogP contribution in [0.15, 0.2) is 47.4 Å². The van der Waals surface area contributed by atoms with Gasteiger partial charge in [-0.05, 0) is 36.4 Å². The van der Waals surface area contributed by atoms with E-state index in [9.17, 15) is 13.6 Å². The van der Waals surface area contributed by atoms with Gasteiger partial charge < -0.3 is 4.74 Å². The Morgan fingerprint density at radius 2 is 1.70 bits per heavy atom. The summed E-state index contributed by atoms with van der Waals surface area (Å²) in [7, 11) is 1.56. The molecule has 0 saturated carbocycles. The average Bonchev–Trinajstić information content (AvgIpc) is 2.45. The molecule has 0 fully saturated rings. The van der Waals surface area contributed by atoms with Gasteiger partial charge in [-0.2, -0.15) is 0 Å². The van der Waals surface area contributed by atoms with E-state index < -0.39 is 23.0 Å². The summed E-state index contributed by atoms with van der Waals surface area (Å²) in [6.45, 7) is 0. The van der Waals surface area contributed by atoms with Crippen LogP contribution in [0, 0.1) is 11.6 Å². The highest BCUT2D eigenvalue weighted by molar-refractivity contribution is 8.00. The summed E-state index contributed by atoms with van der Waals surface area (Å²) in [5.74, 6) is -1.54. The van der Waals surface area contributed by atoms with Crippen LogP contribution in [-0.2, 0) is 0 Å². The zero-order chi connectivity index (χ0) is 14.5. The summed E-state index contributed by atoms with van der Waals surface area (Å²) in [6, 6.07) is 10.5. The Morgan fingerprint density at radius 3 is 2.25 bits per heavy atom. The topological polar surface area (TPSA) is 26.3 Å². The molecule has 0 aliphatic carbocycles. The van der Waals surface area contributed by atoms with Gasteiger partial charge in [-0.25, -0.2) is 8.78 Å². The van der Waals surface area contributed by atoms with Crippen molar-refractivity contribution in [1.82, 2.24) is 0 Å². The van der Waals surface area contributed by atoms with E-state index in [2.05, 4.69) is 0 Å². The molecule has 2 aromatic rings. The summed E-state index contributed by atoms with van der Waals surface area (Å²) in [5, 5.41) is 0. The van der Waals surface area contributed by atoms with Gasteiger partial charge in [0.2, 0.25) is 0 Å². The number of carbonyl (C=O) groups is 1. The van der Waals surface area contributed by atoms with Gasteiger partial charge in [-0.1, -0.05) is 6.07 Å². The second kappa shape index (κ2) is 6.52. The maximum Gasteiger partial charge on any atom is 0.178 e. The summed E-state index contributed by atoms with van der Waals surface area (Å²) < 4.78 is 31.9. The number of halogens is 2. The highest BCUT2D eigenvalue weighted by Crippen LogP contribution is 2.23. The van der Waals surface area contributed by atoms with Gasteiger partial charge in [0, 0.05) is 4.90 Å². The van der Waals surface area contributed by atoms with Crippen LogP contribution in [0.2, 0.25) is 0 Å². The average molecular weight is 294 g/mol. The number of ketones is 1. The number of hydrogen-bond acceptors (Lipinski definition) is 3. The lowest BCUT2D eigenvalue weighted by Crippen LogP contribution is -2.08. The molecule has 20 heavy (non-hydrogen) atoms. The smallest absolute Gasteiger partial charge is 0.178 e. The molecule has 0 radical (unpaired) electrons. The van der Waals surface area contributed by atoms with Crippen LogP contribution in [0.3, 0.4) is 0 Å². The molecule has 2 aromatic carbocycles. The molecule has 0 aromatic heterocycles. The molecule has 0 amide bonds. The zero-order valence-electron chi connectivity index (χ0n) is 10.7. The Hall–Kier alpha value is -1.88. The second-order valence-electron chi connectivity index (χ2n) is 3.98. The quantitative estimate of drug-likeness (QED) is 0.617. The molecule has 0 bridgehead atoms. The number of Topliss-reactive ketones (excluding diaryl/α,β-unsaturated/α-hetero) is 1. The van der Waals surface area contributed by atoms with E-state index in [0.29, 0.717) is 5.75 Å². The first-order chi connectivity index (χ1) is 9.61. The van der Waals surface area contributed by atoms with Crippen molar-refractivity contribution in [3.63, 3.8) is 0 Å². The van der Waals surface area contributed by atoms with Crippen LogP contribution in [0.4, 0.5) is 8.78 Å². The highest BCUT2D eigenvalue weighted by atomic mass is 32.2. The first-order valence-corrected chi connectivity index (χ1v) is 6.84. The van der Waals surface area contributed by atoms with Gasteiger partial charge >= 0.3 is 0 Å². The van der Waals surface area contributed by atoms with Crippen LogP contribution in [0.5, 0.6) is 5.75 Å². The standard InChI is InChI=1S/C15H12F2O2S/c1-19-10-5-7-11(8-6-10)20-9-14(18)15-12(16)3-2-4-13(15)17/h2-8H,9H2,1H3. The van der Waals surface area contributed by atoms with Crippen LogP contribution in [0.1, 0.15) is 10.4 Å². The van der Waals surface area contributed by atoms with Crippen LogP contribution < -0.4 is 4.74 Å². The van der Waals surface area contributed by atoms with Crippen LogP contribution >= 0.6 is 11.8 Å². The molecule has 0 heterocycles. The number of ether oxygens (including phenoxy) is 1. The summed E-state index contributed by atoms with van der Waals surface area (Å²) >= 11 is 1.22. The predicted molar refractivity (Wildman–Crippen MR) is 74.4 cm³/mol. The lowest BCUT2D eigenvalue weighted by Gasteiger charge is -2.05. The SMILES string of the molecule is COc1ccc(SCC(=O)c2c(F)cccc2F)cc1. The Bertz CT molecular complexity index is 592. The van der Waals surface area contributed by atoms with Gasteiger partial charge in [0.25, 0.3) is 0 Å². The number of hydrogen-bond donors (Lipinski definition) is 0. The molecule has 0 N–H and O–H groups in total. The van der Waals surface area contributed by atoms with Gasteiger partial charge in [-0.3, -0.25) is 4.79 Å². The molecule has 0 aliphatic rings. The van der Waals surface area contributed by atoms with Crippen molar-refractivity contribution in [3.8, 4) is 5.75 Å². The normalized spacial score (nSPS) is 10.3. The first kappa shape index (κ1) is 14.5. The van der Waals surface area contributed by atoms with Gasteiger partial charge in [0.15, 0.2) is 5.78 Å². The fraction of sp³-hybridized carbons (Fsp3) is 0.133. The lowest BCUT2D eigenvalue weighted by molar-refractivity contribution is 0.101. The third-order valence-electron chi connectivity index (χ3n) is 2.67. The van der Waals surface area contributed by atoms with E-state index in [1.165, 1.54) is 17.8 Å². The summed E-state index contributed by atoms with van der Waals surface area (Å²) in [5.41, 5.74) is -0.478. The van der Waals surface area contributed by atoms with Crippen LogP contribution in [-0.4, -0.2) is 18.6 Å². The van der Waals surface area contributed by atoms with Crippen molar-refractivity contribution < 1.29 is 18.3 Å². The minimum absolute atomic E-state index is 0.0236. The number of benzene rings is 2. The molecule has 0 saturated heterocycles. The van der Waals surface area contributed by atoms with Gasteiger partial charge in [-0.15, -0.1) is 11.8 Å². The number of methoxy groups -OCH3 is 1. The number of rotatable bonds is 5. The third-order valence-corrected chi connectivity index (χ3v) is 3.68. The Labute approximate surface area is 119 Å². The molecule has 0 spiro atoms. The maximum atomic E-state index is 13.4. The number of carbonyl (C=O) groups excluding carboxylic acids is 1. The van der Waals surface area contributed by atoms with E-state index in [4.69, 9.17) is 4.74 Å². The molecule has 0 atom stereocenters. The molecule has 0 aliphatic heterocycles. The summed E-state index contributed by atoms with van der Waals surface area (Å²) in [4.78, 5) is 12.7. The van der Waals surface area contributed by atoms with Crippen molar-refractivity contribution in [2.24, 2.45) is 0 Å². The molecular formula is C15H12F2O2S. The highest BCUT2D eigenvalue weighted by Gasteiger charge is 2.16. The molecule has 0 unspecified atom stereocenters. The Balaban J connectivity index is 2.05. The Morgan fingerprint density at radius 1 is 1.10 bits per heavy atom. The molecule has 104 valence electrons. The monoisotopic (exact) mass is 294 g/mol. The van der Waals surface area contributed by atoms with Crippen LogP contribution in [0.25, 0.3) is 0 Å². The Kier molecular flexibility index (Phi) is 4.74. The van der Waals surface area contributed by atoms with Crippen molar-refractivity contribution >= 4 is 17.5 Å². The van der Waals surface area contributed by atoms with Crippen molar-refractivity contribution in [2.45, 2.75) is 4.90 Å². The van der Waals surface area contributed by atoms with Crippen molar-refractivity contribution in [1.29, 1.82) is 0 Å². The fourth-order valence-electron chi connectivity index (χ4n) is 1.66. The van der Waals surface area contributed by atoms with E-state index in [-0.39, 0.29) is 5.75 Å². The largest absolute Gasteiger partial charge is 0.497 e. The lowest BCUT2D eigenvalue weighted by atomic mass is 10.1. The summed E-state index contributed by atoms with van der Waals surface area (Å²) in [6.07, 6.45) is 0. The minimum atomic E-state index is -0.828. The number of thioether (sulfide) groups is 1. The van der Waals surface area contributed by atoms with Gasteiger partial charge in [0.1, 0.15) is 17.4 Å². The van der Waals surface area contributed by atoms with Crippen molar-refractivity contribution in [2.75, 3.05) is 12.9 Å². The zero-order valence-corrected chi connectivity index (χ0v) is 11.5. The van der Waals surface area contributed by atoms with E-state index >= 15 is 0 Å². The van der Waals surface area contributed by atoms with Gasteiger partial charge in [0.05, 0.1) is 18.4 Å². The first-order valence-electron chi connectivity index (χ1n) is 5.86. The van der Waals surface area contributed by atoms with Crippen molar-refractivity contribution in [3.05, 3.63) is 59.7 Å². The minimum Gasteiger partial charge on any atom is -0.497 e. The van der Waals surface area contributed by atoms with E-state index in [0.717, 1.165) is 17.0 Å². The fourth-order valence-corrected chi connectivity index (χ4v) is 2.43.